The monoisotopic (exact) mass is 1160 g/mol. The molecule has 0 atom stereocenters. The van der Waals surface area contributed by atoms with Gasteiger partial charge in [0.1, 0.15) is 0 Å². The molecule has 0 aliphatic heterocycles. The zero-order chi connectivity index (χ0) is 60.5. The van der Waals surface area contributed by atoms with Crippen molar-refractivity contribution < 1.29 is 0 Å². The number of benzene rings is 14. The number of aryl methyl sites for hydroxylation is 1. The third-order valence-corrected chi connectivity index (χ3v) is 19.8. The largest absolute Gasteiger partial charge is 0.340 e. The second-order valence-corrected chi connectivity index (χ2v) is 24.7. The maximum absolute atomic E-state index is 4.69. The van der Waals surface area contributed by atoms with E-state index in [9.17, 15) is 0 Å². The highest BCUT2D eigenvalue weighted by Crippen LogP contribution is 2.66. The molecule has 1 spiro atoms. The topological polar surface area (TPSA) is 16.3 Å². The van der Waals surface area contributed by atoms with Gasteiger partial charge in [-0.25, -0.2) is 0 Å². The summed E-state index contributed by atoms with van der Waals surface area (Å²) in [5.74, 6) is 0. The summed E-state index contributed by atoms with van der Waals surface area (Å²) in [6, 6.07) is 114. The number of hydrogen-bond acceptors (Lipinski definition) is 2. The minimum absolute atomic E-state index is 0.722. The Hall–Kier alpha value is -11.5. The maximum atomic E-state index is 4.69. The van der Waals surface area contributed by atoms with Gasteiger partial charge in [0.05, 0.1) is 33.3 Å². The molecule has 91 heavy (non-hydrogen) atoms. The first-order valence-electron chi connectivity index (χ1n) is 31.9. The van der Waals surface area contributed by atoms with E-state index in [1.807, 2.05) is 0 Å². The highest BCUT2D eigenvalue weighted by Gasteiger charge is 2.53. The van der Waals surface area contributed by atoms with Crippen LogP contribution in [0, 0.1) is 0 Å². The van der Waals surface area contributed by atoms with Crippen molar-refractivity contribution in [1.82, 2.24) is 9.13 Å². The highest BCUT2D eigenvalue weighted by atomic mass is 15.2. The summed E-state index contributed by atoms with van der Waals surface area (Å²) >= 11 is 0. The zero-order valence-corrected chi connectivity index (χ0v) is 50.8. The van der Waals surface area contributed by atoms with E-state index in [2.05, 4.69) is 343 Å². The number of nitrogens with zero attached hydrogens (tertiary/aromatic N) is 4. The van der Waals surface area contributed by atoms with E-state index < -0.39 is 5.41 Å². The second-order valence-electron chi connectivity index (χ2n) is 24.7. The highest BCUT2D eigenvalue weighted by molar-refractivity contribution is 6.16. The number of aromatic nitrogens is 2. The molecule has 18 rings (SSSR count). The number of hydrogen-bond donors (Lipinski definition) is 0. The molecule has 430 valence electrons. The van der Waals surface area contributed by atoms with Gasteiger partial charge in [-0.2, -0.15) is 0 Å². The first kappa shape index (κ1) is 52.6. The number of fused-ring (bicyclic) bond motifs is 19. The fraction of sp³-hybridized carbons (Fsp3) is 0.0575. The Morgan fingerprint density at radius 3 is 1.68 bits per heavy atom. The van der Waals surface area contributed by atoms with Crippen molar-refractivity contribution in [1.29, 1.82) is 0 Å². The van der Waals surface area contributed by atoms with Crippen molar-refractivity contribution in [2.24, 2.45) is 0 Å². The van der Waals surface area contributed by atoms with Gasteiger partial charge < -0.3 is 18.9 Å². The molecular formula is C87H62N4. The molecule has 0 bridgehead atoms. The molecule has 4 heteroatoms. The van der Waals surface area contributed by atoms with Gasteiger partial charge in [0.15, 0.2) is 0 Å². The van der Waals surface area contributed by atoms with Crippen molar-refractivity contribution in [3.8, 4) is 39.1 Å². The van der Waals surface area contributed by atoms with Crippen LogP contribution in [0.2, 0.25) is 0 Å². The van der Waals surface area contributed by atoms with Gasteiger partial charge in [-0.05, 0) is 188 Å². The SMILES string of the molecule is C=C(C)c1cc(-c2cccc3ccccc23)ccc1N(c1ccccc1)c1ccc2c(c1)C1(c3ccccc3-c3ccccc31)c1cc(N(c3ccc4c(c3)c3ccccc3n4-c3ccccc3)c3ccc4c5ccccc5n(CCC)c4c3)c3ccccc3c1-2. The van der Waals surface area contributed by atoms with Gasteiger partial charge in [-0.1, -0.05) is 220 Å². The van der Waals surface area contributed by atoms with Crippen molar-refractivity contribution in [2.75, 3.05) is 9.80 Å². The summed E-state index contributed by atoms with van der Waals surface area (Å²) in [6.07, 6.45) is 1.02. The van der Waals surface area contributed by atoms with E-state index in [0.29, 0.717) is 0 Å². The Labute approximate surface area is 529 Å². The number of anilines is 6. The molecule has 16 aromatic rings. The molecule has 2 aliphatic rings. The Morgan fingerprint density at radius 1 is 0.363 bits per heavy atom. The maximum Gasteiger partial charge on any atom is 0.0727 e. The van der Waals surface area contributed by atoms with E-state index >= 15 is 0 Å². The number of rotatable bonds is 11. The van der Waals surface area contributed by atoms with Gasteiger partial charge in [0, 0.05) is 73.0 Å². The molecule has 14 aromatic carbocycles. The van der Waals surface area contributed by atoms with Gasteiger partial charge >= 0.3 is 0 Å². The third-order valence-electron chi connectivity index (χ3n) is 19.8. The van der Waals surface area contributed by atoms with Gasteiger partial charge in [-0.15, -0.1) is 0 Å². The lowest BCUT2D eigenvalue weighted by Crippen LogP contribution is -2.26. The lowest BCUT2D eigenvalue weighted by Gasteiger charge is -2.34. The van der Waals surface area contributed by atoms with Crippen molar-refractivity contribution in [3.05, 3.63) is 338 Å². The van der Waals surface area contributed by atoms with Crippen LogP contribution in [0.5, 0.6) is 0 Å². The zero-order valence-electron chi connectivity index (χ0n) is 50.8. The molecule has 0 radical (unpaired) electrons. The fourth-order valence-electron chi connectivity index (χ4n) is 16.0. The number of allylic oxidation sites excluding steroid dienone is 1. The van der Waals surface area contributed by atoms with Crippen LogP contribution < -0.4 is 9.80 Å². The number of para-hydroxylation sites is 4. The van der Waals surface area contributed by atoms with E-state index in [-0.39, 0.29) is 0 Å². The Bertz CT molecular complexity index is 5620. The Balaban J connectivity index is 0.913. The predicted molar refractivity (Wildman–Crippen MR) is 385 cm³/mol. The normalized spacial score (nSPS) is 12.7. The second kappa shape index (κ2) is 20.6. The summed E-state index contributed by atoms with van der Waals surface area (Å²) in [4.78, 5) is 5.04. The van der Waals surface area contributed by atoms with Crippen LogP contribution in [0.15, 0.2) is 310 Å². The van der Waals surface area contributed by atoms with Crippen molar-refractivity contribution >= 4 is 105 Å². The molecule has 2 heterocycles. The van der Waals surface area contributed by atoms with Crippen LogP contribution in [0.4, 0.5) is 34.1 Å². The summed E-state index contributed by atoms with van der Waals surface area (Å²) in [5.41, 5.74) is 26.4. The van der Waals surface area contributed by atoms with Crippen LogP contribution in [0.3, 0.4) is 0 Å². The molecule has 0 N–H and O–H groups in total. The van der Waals surface area contributed by atoms with Crippen LogP contribution in [0.25, 0.3) is 110 Å². The predicted octanol–water partition coefficient (Wildman–Crippen LogP) is 23.6. The van der Waals surface area contributed by atoms with Gasteiger partial charge in [-0.3, -0.25) is 0 Å². The molecular weight excluding hydrogens is 1100 g/mol. The quantitative estimate of drug-likeness (QED) is 0.128. The van der Waals surface area contributed by atoms with Crippen molar-refractivity contribution in [3.63, 3.8) is 0 Å². The molecule has 0 fully saturated rings. The molecule has 0 saturated heterocycles. The summed E-state index contributed by atoms with van der Waals surface area (Å²) < 4.78 is 4.96. The first-order chi connectivity index (χ1) is 45.0. The van der Waals surface area contributed by atoms with Crippen LogP contribution in [-0.2, 0) is 12.0 Å². The average Bonchev–Trinajstić information content (AvgIpc) is 1.54. The average molecular weight is 1160 g/mol. The minimum Gasteiger partial charge on any atom is -0.340 e. The minimum atomic E-state index is -0.722. The van der Waals surface area contributed by atoms with Crippen LogP contribution in [-0.4, -0.2) is 9.13 Å². The van der Waals surface area contributed by atoms with E-state index in [0.717, 1.165) is 69.5 Å². The first-order valence-corrected chi connectivity index (χ1v) is 31.9. The molecule has 0 amide bonds. The van der Waals surface area contributed by atoms with E-state index in [4.69, 9.17) is 0 Å². The summed E-state index contributed by atoms with van der Waals surface area (Å²) in [7, 11) is 0. The fourth-order valence-corrected chi connectivity index (χ4v) is 16.0. The molecule has 0 unspecified atom stereocenters. The molecule has 2 aliphatic carbocycles. The van der Waals surface area contributed by atoms with Crippen LogP contribution in [0.1, 0.15) is 48.1 Å². The Morgan fingerprint density at radius 2 is 0.923 bits per heavy atom. The molecule has 2 aromatic heterocycles. The molecule has 4 nitrogen and oxygen atoms in total. The summed E-state index contributed by atoms with van der Waals surface area (Å²) in [6.45, 7) is 10.0. The van der Waals surface area contributed by atoms with Gasteiger partial charge in [0.2, 0.25) is 0 Å². The third kappa shape index (κ3) is 7.76. The van der Waals surface area contributed by atoms with Gasteiger partial charge in [0.25, 0.3) is 0 Å². The Kier molecular flexibility index (Phi) is 11.9. The standard InChI is InChI=1S/C87H62N4/c1-4-50-88-80-40-21-17-33-68(80)71-46-43-63(54-84(71)88)90(61-45-49-83-75(52-61)70-35-18-22-41-81(70)91(83)60-28-9-6-10-29-60)85-55-79-86(72-36-14-13-34-69(72)85)73-47-44-62(53-78(73)87(79)76-38-19-15-31-66(76)67-32-16-20-39-77(67)87)89(59-26-7-5-8-27-59)82-48-42-58(51-74(82)56(2)3)65-37-23-25-57-24-11-12-30-64(57)65/h5-49,51-55H,2,4,50H2,1,3H3. The molecule has 0 saturated carbocycles. The van der Waals surface area contributed by atoms with Crippen molar-refractivity contribution in [2.45, 2.75) is 32.2 Å². The lowest BCUT2D eigenvalue weighted by atomic mass is 9.70. The van der Waals surface area contributed by atoms with E-state index in [1.54, 1.807) is 0 Å². The lowest BCUT2D eigenvalue weighted by molar-refractivity contribution is 0.724. The van der Waals surface area contributed by atoms with Crippen LogP contribution >= 0.6 is 0 Å². The summed E-state index contributed by atoms with van der Waals surface area (Å²) in [5, 5.41) is 9.80. The smallest absolute Gasteiger partial charge is 0.0727 e. The van der Waals surface area contributed by atoms with E-state index in [1.165, 1.54) is 115 Å².